The number of pyridine rings is 2. The number of carbonyl (C=O) groups is 1. The molecule has 1 aromatic carbocycles. The number of nitrogens with one attached hydrogen (secondary N) is 1. The summed E-state index contributed by atoms with van der Waals surface area (Å²) in [5.74, 6) is -0.636. The highest BCUT2D eigenvalue weighted by Crippen LogP contribution is 2.26. The molecule has 0 saturated carbocycles. The van der Waals surface area contributed by atoms with E-state index in [1.165, 1.54) is 53.4 Å². The fourth-order valence-electron chi connectivity index (χ4n) is 2.37. The van der Waals surface area contributed by atoms with Gasteiger partial charge in [0.2, 0.25) is 0 Å². The van der Waals surface area contributed by atoms with E-state index in [0.29, 0.717) is 11.4 Å². The molecule has 2 heterocycles. The van der Waals surface area contributed by atoms with E-state index in [1.807, 2.05) is 6.92 Å². The van der Waals surface area contributed by atoms with Crippen molar-refractivity contribution in [2.45, 2.75) is 12.5 Å². The maximum atomic E-state index is 12.6. The van der Waals surface area contributed by atoms with Crippen molar-refractivity contribution in [3.05, 3.63) is 82.5 Å². The van der Waals surface area contributed by atoms with Crippen LogP contribution in [0, 0.1) is 6.92 Å². The summed E-state index contributed by atoms with van der Waals surface area (Å²) in [4.78, 5) is 28.7. The van der Waals surface area contributed by atoms with Gasteiger partial charge in [0.05, 0.1) is 17.4 Å². The molecule has 0 fully saturated rings. The third kappa shape index (κ3) is 4.92. The number of nitrogens with zero attached hydrogens (tertiary/aromatic N) is 2. The van der Waals surface area contributed by atoms with E-state index in [-0.39, 0.29) is 16.9 Å². The Labute approximate surface area is 163 Å². The Morgan fingerprint density at radius 3 is 2.46 bits per heavy atom. The van der Waals surface area contributed by atoms with Crippen LogP contribution in [-0.2, 0) is 0 Å². The molecule has 3 rings (SSSR count). The van der Waals surface area contributed by atoms with Crippen LogP contribution in [0.1, 0.15) is 16.1 Å². The van der Waals surface area contributed by atoms with E-state index in [2.05, 4.69) is 15.0 Å². The van der Waals surface area contributed by atoms with Crippen LogP contribution in [0.25, 0.3) is 5.69 Å². The Balaban J connectivity index is 1.78. The molecule has 28 heavy (non-hydrogen) atoms. The molecular formula is C19H14ClF2N3O3. The van der Waals surface area contributed by atoms with Crippen molar-refractivity contribution in [3.63, 3.8) is 0 Å². The number of ether oxygens (including phenoxy) is 1. The summed E-state index contributed by atoms with van der Waals surface area (Å²) in [5, 5.41) is 2.61. The number of alkyl halides is 3. The van der Waals surface area contributed by atoms with E-state index in [1.54, 1.807) is 12.1 Å². The summed E-state index contributed by atoms with van der Waals surface area (Å²) in [5.41, 5.74) is -2.23. The minimum atomic E-state index is -3.82. The van der Waals surface area contributed by atoms with E-state index >= 15 is 0 Å². The molecule has 0 spiro atoms. The number of amides is 1. The molecule has 0 unspecified atom stereocenters. The minimum absolute atomic E-state index is 0.154. The molecule has 6 nitrogen and oxygen atoms in total. The molecule has 0 bridgehead atoms. The van der Waals surface area contributed by atoms with Crippen molar-refractivity contribution in [2.75, 3.05) is 5.32 Å². The molecule has 0 saturated heterocycles. The van der Waals surface area contributed by atoms with Crippen LogP contribution in [0.5, 0.6) is 5.75 Å². The Kier molecular flexibility index (Phi) is 5.41. The fourth-order valence-corrected chi connectivity index (χ4v) is 2.46. The van der Waals surface area contributed by atoms with Crippen LogP contribution in [-0.4, -0.2) is 21.0 Å². The molecule has 0 aliphatic rings. The first-order valence-corrected chi connectivity index (χ1v) is 8.42. The number of carbonyl (C=O) groups excluding carboxylic acids is 1. The monoisotopic (exact) mass is 405 g/mol. The van der Waals surface area contributed by atoms with Crippen molar-refractivity contribution in [1.29, 1.82) is 0 Å². The lowest BCUT2D eigenvalue weighted by molar-refractivity contribution is -0.0964. The molecule has 1 amide bonds. The molecular weight excluding hydrogens is 392 g/mol. The summed E-state index contributed by atoms with van der Waals surface area (Å²) >= 11 is 4.70. The highest BCUT2D eigenvalue weighted by Gasteiger charge is 2.27. The third-order valence-electron chi connectivity index (χ3n) is 3.69. The highest BCUT2D eigenvalue weighted by atomic mass is 35.5. The van der Waals surface area contributed by atoms with Gasteiger partial charge in [-0.3, -0.25) is 19.1 Å². The number of aryl methyl sites for hydroxylation is 1. The second-order valence-corrected chi connectivity index (χ2v) is 6.25. The number of hydrogen-bond donors (Lipinski definition) is 1. The van der Waals surface area contributed by atoms with Gasteiger partial charge in [0, 0.05) is 35.2 Å². The van der Waals surface area contributed by atoms with Gasteiger partial charge in [-0.2, -0.15) is 0 Å². The first kappa shape index (κ1) is 19.5. The molecule has 2 aromatic heterocycles. The third-order valence-corrected chi connectivity index (χ3v) is 3.77. The van der Waals surface area contributed by atoms with Crippen LogP contribution >= 0.6 is 11.6 Å². The van der Waals surface area contributed by atoms with Gasteiger partial charge >= 0.3 is 5.57 Å². The highest BCUT2D eigenvalue weighted by molar-refractivity contribution is 6.20. The van der Waals surface area contributed by atoms with Gasteiger partial charge in [-0.15, -0.1) is 8.78 Å². The lowest BCUT2D eigenvalue weighted by Crippen LogP contribution is -2.21. The first-order chi connectivity index (χ1) is 13.2. The second kappa shape index (κ2) is 7.77. The van der Waals surface area contributed by atoms with E-state index in [0.717, 1.165) is 5.69 Å². The van der Waals surface area contributed by atoms with Gasteiger partial charge in [-0.25, -0.2) is 0 Å². The Hall–Kier alpha value is -3.26. The van der Waals surface area contributed by atoms with Gasteiger partial charge in [-0.1, -0.05) is 0 Å². The lowest BCUT2D eigenvalue weighted by atomic mass is 10.2. The number of aromatic nitrogens is 2. The Morgan fingerprint density at radius 2 is 1.86 bits per heavy atom. The van der Waals surface area contributed by atoms with Crippen LogP contribution in [0.4, 0.5) is 14.5 Å². The SMILES string of the molecule is Cc1ccc(-n2cc(C(=O)Nc3ccc(OC(F)(F)Cl)cc3)ccc2=O)cn1. The van der Waals surface area contributed by atoms with E-state index in [4.69, 9.17) is 11.6 Å². The van der Waals surface area contributed by atoms with Crippen molar-refractivity contribution < 1.29 is 18.3 Å². The zero-order chi connectivity index (χ0) is 20.3. The van der Waals surface area contributed by atoms with E-state index in [9.17, 15) is 18.4 Å². The first-order valence-electron chi connectivity index (χ1n) is 8.04. The molecule has 9 heteroatoms. The Bertz CT molecular complexity index is 1050. The largest absolute Gasteiger partial charge is 0.487 e. The minimum Gasteiger partial charge on any atom is -0.420 e. The summed E-state index contributed by atoms with van der Waals surface area (Å²) in [6, 6.07) is 11.4. The van der Waals surface area contributed by atoms with Gasteiger partial charge in [0.1, 0.15) is 5.75 Å². The van der Waals surface area contributed by atoms with Gasteiger partial charge < -0.3 is 10.1 Å². The van der Waals surface area contributed by atoms with Crippen molar-refractivity contribution >= 4 is 23.2 Å². The maximum absolute atomic E-state index is 12.6. The number of benzene rings is 1. The number of rotatable bonds is 5. The molecule has 0 radical (unpaired) electrons. The van der Waals surface area contributed by atoms with E-state index < -0.39 is 11.5 Å². The van der Waals surface area contributed by atoms with Crippen LogP contribution in [0.3, 0.4) is 0 Å². The zero-order valence-corrected chi connectivity index (χ0v) is 15.3. The topological polar surface area (TPSA) is 73.2 Å². The summed E-state index contributed by atoms with van der Waals surface area (Å²) in [6.07, 6.45) is 2.93. The molecule has 3 aromatic rings. The summed E-state index contributed by atoms with van der Waals surface area (Å²) in [7, 11) is 0. The van der Waals surface area contributed by atoms with Crippen LogP contribution in [0.2, 0.25) is 0 Å². The molecule has 144 valence electrons. The fraction of sp³-hybridized carbons (Fsp3) is 0.105. The number of anilines is 1. The number of hydrogen-bond acceptors (Lipinski definition) is 4. The molecule has 1 N–H and O–H groups in total. The predicted molar refractivity (Wildman–Crippen MR) is 100 cm³/mol. The lowest BCUT2D eigenvalue weighted by Gasteiger charge is -2.12. The zero-order valence-electron chi connectivity index (χ0n) is 14.5. The maximum Gasteiger partial charge on any atom is 0.487 e. The van der Waals surface area contributed by atoms with Crippen molar-refractivity contribution in [3.8, 4) is 11.4 Å². The average Bonchev–Trinajstić information content (AvgIpc) is 2.63. The number of halogens is 3. The quantitative estimate of drug-likeness (QED) is 0.652. The van der Waals surface area contributed by atoms with Crippen molar-refractivity contribution in [1.82, 2.24) is 9.55 Å². The Morgan fingerprint density at radius 1 is 1.14 bits per heavy atom. The van der Waals surface area contributed by atoms with Gasteiger partial charge in [0.25, 0.3) is 11.5 Å². The van der Waals surface area contributed by atoms with Gasteiger partial charge in [0.15, 0.2) is 0 Å². The van der Waals surface area contributed by atoms with Gasteiger partial charge in [-0.05, 0) is 49.4 Å². The standard InChI is InChI=1S/C19H14ClF2N3O3/c1-12-2-6-15(10-23-12)25-11-13(3-9-17(25)26)18(27)24-14-4-7-16(8-5-14)28-19(20,21)22/h2-11H,1H3,(H,24,27). The normalized spacial score (nSPS) is 11.1. The van der Waals surface area contributed by atoms with Crippen LogP contribution < -0.4 is 15.6 Å². The molecule has 0 aliphatic heterocycles. The molecule has 0 aliphatic carbocycles. The smallest absolute Gasteiger partial charge is 0.420 e. The van der Waals surface area contributed by atoms with Crippen molar-refractivity contribution in [2.24, 2.45) is 0 Å². The second-order valence-electron chi connectivity index (χ2n) is 5.81. The summed E-state index contributed by atoms with van der Waals surface area (Å²) < 4.78 is 30.7. The predicted octanol–water partition coefficient (Wildman–Crippen LogP) is 3.96. The molecule has 0 atom stereocenters. The van der Waals surface area contributed by atoms with Crippen LogP contribution in [0.15, 0.2) is 65.7 Å². The summed E-state index contributed by atoms with van der Waals surface area (Å²) in [6.45, 7) is 1.82. The average molecular weight is 406 g/mol.